The fraction of sp³-hybridized carbons (Fsp3) is 0.250. The van der Waals surface area contributed by atoms with Crippen LogP contribution in [-0.2, 0) is 6.54 Å². The minimum Gasteiger partial charge on any atom is -0.331 e. The van der Waals surface area contributed by atoms with E-state index < -0.39 is 0 Å². The van der Waals surface area contributed by atoms with Gasteiger partial charge in [-0.25, -0.2) is 0 Å². The van der Waals surface area contributed by atoms with E-state index in [-0.39, 0.29) is 0 Å². The van der Waals surface area contributed by atoms with E-state index in [1.165, 1.54) is 0 Å². The number of para-hydroxylation sites is 1. The van der Waals surface area contributed by atoms with Crippen molar-refractivity contribution in [2.24, 2.45) is 0 Å². The highest BCUT2D eigenvalue weighted by molar-refractivity contribution is 6.34. The number of rotatable bonds is 2. The number of aryl methyl sites for hydroxylation is 2. The van der Waals surface area contributed by atoms with Crippen molar-refractivity contribution in [1.82, 2.24) is 4.57 Å². The number of hydrogen-bond acceptors (Lipinski definition) is 1. The maximum Gasteiger partial charge on any atom is 0.153 e. The molecule has 15 heavy (non-hydrogen) atoms. The molecular weight excluding hydrogens is 210 g/mol. The summed E-state index contributed by atoms with van der Waals surface area (Å²) in [5.41, 5.74) is 2.80. The van der Waals surface area contributed by atoms with Crippen LogP contribution in [0, 0.1) is 6.92 Å². The van der Waals surface area contributed by atoms with E-state index in [9.17, 15) is 4.79 Å². The first kappa shape index (κ1) is 10.2. The molecule has 78 valence electrons. The van der Waals surface area contributed by atoms with Gasteiger partial charge in [-0.3, -0.25) is 4.79 Å². The molecule has 0 radical (unpaired) electrons. The number of carbonyl (C=O) groups is 1. The summed E-state index contributed by atoms with van der Waals surface area (Å²) >= 11 is 6.16. The number of halogens is 1. The van der Waals surface area contributed by atoms with Crippen LogP contribution < -0.4 is 0 Å². The van der Waals surface area contributed by atoms with Gasteiger partial charge in [0.2, 0.25) is 0 Å². The molecule has 0 saturated heterocycles. The second-order valence-corrected chi connectivity index (χ2v) is 3.90. The Balaban J connectivity index is 2.98. The molecule has 0 N–H and O–H groups in total. The summed E-state index contributed by atoms with van der Waals surface area (Å²) < 4.78 is 1.97. The van der Waals surface area contributed by atoms with Crippen molar-refractivity contribution in [3.05, 3.63) is 34.5 Å². The van der Waals surface area contributed by atoms with Crippen LogP contribution in [0.25, 0.3) is 10.9 Å². The van der Waals surface area contributed by atoms with Crippen molar-refractivity contribution < 1.29 is 4.79 Å². The lowest BCUT2D eigenvalue weighted by atomic mass is 10.1. The van der Waals surface area contributed by atoms with Crippen LogP contribution in [-0.4, -0.2) is 10.9 Å². The minimum absolute atomic E-state index is 0.539. The SMILES string of the molecule is CCn1c(Cl)c(C=O)c2cccc(C)c21. The van der Waals surface area contributed by atoms with Gasteiger partial charge in [0.05, 0.1) is 11.1 Å². The minimum atomic E-state index is 0.539. The van der Waals surface area contributed by atoms with Crippen LogP contribution in [0.3, 0.4) is 0 Å². The number of carbonyl (C=O) groups excluding carboxylic acids is 1. The van der Waals surface area contributed by atoms with Crippen molar-refractivity contribution in [2.45, 2.75) is 20.4 Å². The molecule has 0 aliphatic heterocycles. The van der Waals surface area contributed by atoms with Gasteiger partial charge in [-0.15, -0.1) is 0 Å². The zero-order valence-corrected chi connectivity index (χ0v) is 9.51. The highest BCUT2D eigenvalue weighted by atomic mass is 35.5. The molecule has 2 aromatic rings. The summed E-state index contributed by atoms with van der Waals surface area (Å²) in [5.74, 6) is 0. The van der Waals surface area contributed by atoms with Crippen LogP contribution in [0.2, 0.25) is 5.15 Å². The van der Waals surface area contributed by atoms with Crippen molar-refractivity contribution in [2.75, 3.05) is 0 Å². The van der Waals surface area contributed by atoms with E-state index in [0.717, 1.165) is 29.3 Å². The summed E-state index contributed by atoms with van der Waals surface area (Å²) in [7, 11) is 0. The monoisotopic (exact) mass is 221 g/mol. The molecule has 0 bridgehead atoms. The molecule has 0 amide bonds. The number of aldehydes is 1. The average molecular weight is 222 g/mol. The van der Waals surface area contributed by atoms with Gasteiger partial charge in [0.15, 0.2) is 6.29 Å². The maximum absolute atomic E-state index is 11.0. The Morgan fingerprint density at radius 1 is 1.47 bits per heavy atom. The molecule has 1 aromatic carbocycles. The first-order valence-electron chi connectivity index (χ1n) is 4.93. The molecule has 0 aliphatic carbocycles. The van der Waals surface area contributed by atoms with Crippen LogP contribution in [0.5, 0.6) is 0 Å². The van der Waals surface area contributed by atoms with E-state index in [2.05, 4.69) is 0 Å². The summed E-state index contributed by atoms with van der Waals surface area (Å²) in [6, 6.07) is 5.91. The van der Waals surface area contributed by atoms with Crippen LogP contribution in [0.15, 0.2) is 18.2 Å². The molecule has 0 unspecified atom stereocenters. The van der Waals surface area contributed by atoms with Crippen LogP contribution >= 0.6 is 11.6 Å². The fourth-order valence-electron chi connectivity index (χ4n) is 2.00. The molecule has 2 nitrogen and oxygen atoms in total. The van der Waals surface area contributed by atoms with E-state index in [4.69, 9.17) is 11.6 Å². The first-order valence-corrected chi connectivity index (χ1v) is 5.31. The standard InChI is InChI=1S/C12H12ClNO/c1-3-14-11-8(2)5-4-6-9(11)10(7-15)12(14)13/h4-7H,3H2,1-2H3. The van der Waals surface area contributed by atoms with Gasteiger partial charge >= 0.3 is 0 Å². The summed E-state index contributed by atoms with van der Waals surface area (Å²) in [6.07, 6.45) is 0.830. The molecule has 0 aliphatic rings. The zero-order valence-electron chi connectivity index (χ0n) is 8.75. The van der Waals surface area contributed by atoms with Crippen molar-refractivity contribution in [1.29, 1.82) is 0 Å². The molecule has 3 heteroatoms. The highest BCUT2D eigenvalue weighted by Gasteiger charge is 2.14. The number of aromatic nitrogens is 1. The summed E-state index contributed by atoms with van der Waals surface area (Å²) in [6.45, 7) is 4.82. The van der Waals surface area contributed by atoms with Gasteiger partial charge in [-0.2, -0.15) is 0 Å². The lowest BCUT2D eigenvalue weighted by Crippen LogP contribution is -1.94. The van der Waals surface area contributed by atoms with Crippen LogP contribution in [0.4, 0.5) is 0 Å². The lowest BCUT2D eigenvalue weighted by molar-refractivity contribution is 0.112. The van der Waals surface area contributed by atoms with E-state index in [1.807, 2.05) is 36.6 Å². The smallest absolute Gasteiger partial charge is 0.153 e. The second-order valence-electron chi connectivity index (χ2n) is 3.54. The van der Waals surface area contributed by atoms with Gasteiger partial charge in [0.25, 0.3) is 0 Å². The topological polar surface area (TPSA) is 22.0 Å². The number of hydrogen-bond donors (Lipinski definition) is 0. The Morgan fingerprint density at radius 3 is 2.80 bits per heavy atom. The van der Waals surface area contributed by atoms with Gasteiger partial charge in [-0.05, 0) is 19.4 Å². The normalized spacial score (nSPS) is 10.9. The quantitative estimate of drug-likeness (QED) is 0.713. The predicted octanol–water partition coefficient (Wildman–Crippen LogP) is 3.44. The molecule has 1 aromatic heterocycles. The first-order chi connectivity index (χ1) is 7.20. The van der Waals surface area contributed by atoms with Gasteiger partial charge in [0, 0.05) is 11.9 Å². The number of fused-ring (bicyclic) bond motifs is 1. The molecule has 0 spiro atoms. The number of nitrogens with zero attached hydrogens (tertiary/aromatic N) is 1. The Morgan fingerprint density at radius 2 is 2.20 bits per heavy atom. The average Bonchev–Trinajstić information content (AvgIpc) is 2.51. The summed E-state index contributed by atoms with van der Waals surface area (Å²) in [5, 5.41) is 1.48. The predicted molar refractivity (Wildman–Crippen MR) is 62.7 cm³/mol. The third kappa shape index (κ3) is 1.37. The molecule has 1 heterocycles. The molecule has 2 rings (SSSR count). The van der Waals surface area contributed by atoms with Gasteiger partial charge in [-0.1, -0.05) is 29.8 Å². The molecule has 0 fully saturated rings. The van der Waals surface area contributed by atoms with Crippen molar-refractivity contribution >= 4 is 28.8 Å². The highest BCUT2D eigenvalue weighted by Crippen LogP contribution is 2.30. The lowest BCUT2D eigenvalue weighted by Gasteiger charge is -2.04. The molecule has 0 atom stereocenters. The van der Waals surface area contributed by atoms with E-state index in [1.54, 1.807) is 0 Å². The van der Waals surface area contributed by atoms with Gasteiger partial charge in [0.1, 0.15) is 5.15 Å². The molecule has 0 saturated carbocycles. The van der Waals surface area contributed by atoms with Gasteiger partial charge < -0.3 is 4.57 Å². The van der Waals surface area contributed by atoms with Crippen molar-refractivity contribution in [3.63, 3.8) is 0 Å². The largest absolute Gasteiger partial charge is 0.331 e. The third-order valence-corrected chi connectivity index (χ3v) is 3.10. The Kier molecular flexibility index (Phi) is 2.53. The van der Waals surface area contributed by atoms with Crippen molar-refractivity contribution in [3.8, 4) is 0 Å². The fourth-order valence-corrected chi connectivity index (χ4v) is 2.35. The summed E-state index contributed by atoms with van der Waals surface area (Å²) in [4.78, 5) is 11.0. The Hall–Kier alpha value is -1.28. The van der Waals surface area contributed by atoms with Crippen LogP contribution in [0.1, 0.15) is 22.8 Å². The Labute approximate surface area is 93.5 Å². The maximum atomic E-state index is 11.0. The zero-order chi connectivity index (χ0) is 11.0. The van der Waals surface area contributed by atoms with E-state index in [0.29, 0.717) is 10.7 Å². The van der Waals surface area contributed by atoms with E-state index >= 15 is 0 Å². The second kappa shape index (κ2) is 3.70. The third-order valence-electron chi connectivity index (χ3n) is 2.69. The Bertz CT molecular complexity index is 528. The number of benzene rings is 1. The molecular formula is C12H12ClNO.